The molecule has 0 bridgehead atoms. The summed E-state index contributed by atoms with van der Waals surface area (Å²) < 4.78 is 0. The number of rotatable bonds is 5. The average Bonchev–Trinajstić information content (AvgIpc) is 3.07. The molecule has 1 N–H and O–H groups in total. The van der Waals surface area contributed by atoms with Gasteiger partial charge in [0.15, 0.2) is 0 Å². The second-order valence-electron chi connectivity index (χ2n) is 5.88. The molecule has 2 aromatic rings. The molecule has 1 fully saturated rings. The second-order valence-corrected chi connectivity index (χ2v) is 7.03. The summed E-state index contributed by atoms with van der Waals surface area (Å²) in [6.07, 6.45) is 4.46. The van der Waals surface area contributed by atoms with E-state index in [0.29, 0.717) is 13.1 Å². The summed E-state index contributed by atoms with van der Waals surface area (Å²) in [5.74, 6) is 1.62. The van der Waals surface area contributed by atoms with Crippen LogP contribution in [0.5, 0.6) is 0 Å². The van der Waals surface area contributed by atoms with E-state index in [9.17, 15) is 4.79 Å². The fraction of sp³-hybridized carbons (Fsp3) is 0.500. The molecule has 1 aliphatic rings. The van der Waals surface area contributed by atoms with Crippen molar-refractivity contribution in [3.05, 3.63) is 28.5 Å². The predicted molar refractivity (Wildman–Crippen MR) is 95.4 cm³/mol. The van der Waals surface area contributed by atoms with Crippen molar-refractivity contribution in [3.8, 4) is 0 Å². The van der Waals surface area contributed by atoms with E-state index >= 15 is 0 Å². The molecule has 0 saturated carbocycles. The van der Waals surface area contributed by atoms with Crippen LogP contribution in [0.25, 0.3) is 0 Å². The maximum Gasteiger partial charge on any atom is 0.241 e. The highest BCUT2D eigenvalue weighted by Gasteiger charge is 2.22. The van der Waals surface area contributed by atoms with Gasteiger partial charge in [0.1, 0.15) is 23.0 Å². The van der Waals surface area contributed by atoms with Crippen LogP contribution < -0.4 is 10.2 Å². The SMILES string of the molecule is CCc1cnc(C(C)Nc2cc(N3CCN(C)C(=O)C3)ncn2)s1. The lowest BCUT2D eigenvalue weighted by Gasteiger charge is -2.32. The Morgan fingerprint density at radius 1 is 1.33 bits per heavy atom. The summed E-state index contributed by atoms with van der Waals surface area (Å²) in [4.78, 5) is 29.9. The van der Waals surface area contributed by atoms with Crippen LogP contribution in [0.15, 0.2) is 18.6 Å². The molecular weight excluding hydrogens is 324 g/mol. The first-order valence-electron chi connectivity index (χ1n) is 8.09. The number of hydrogen-bond donors (Lipinski definition) is 1. The van der Waals surface area contributed by atoms with Gasteiger partial charge in [-0.05, 0) is 13.3 Å². The predicted octanol–water partition coefficient (Wildman–Crippen LogP) is 1.95. The zero-order valence-electron chi connectivity index (χ0n) is 14.2. The van der Waals surface area contributed by atoms with Gasteiger partial charge in [0.05, 0.1) is 12.6 Å². The summed E-state index contributed by atoms with van der Waals surface area (Å²) in [5.41, 5.74) is 0. The number of amides is 1. The Hall–Kier alpha value is -2.22. The highest BCUT2D eigenvalue weighted by Crippen LogP contribution is 2.24. The van der Waals surface area contributed by atoms with Gasteiger partial charge in [-0.3, -0.25) is 4.79 Å². The number of aryl methyl sites for hydroxylation is 1. The van der Waals surface area contributed by atoms with Crippen LogP contribution in [0.3, 0.4) is 0 Å². The fourth-order valence-corrected chi connectivity index (χ4v) is 3.38. The van der Waals surface area contributed by atoms with E-state index in [0.717, 1.165) is 29.6 Å². The Morgan fingerprint density at radius 3 is 2.88 bits per heavy atom. The molecule has 1 aliphatic heterocycles. The third-order valence-corrected chi connectivity index (χ3v) is 5.41. The minimum absolute atomic E-state index is 0.0761. The topological polar surface area (TPSA) is 74.2 Å². The summed E-state index contributed by atoms with van der Waals surface area (Å²) in [7, 11) is 1.83. The normalized spacial score (nSPS) is 16.4. The highest BCUT2D eigenvalue weighted by atomic mass is 32.1. The van der Waals surface area contributed by atoms with Gasteiger partial charge in [-0.1, -0.05) is 6.92 Å². The summed E-state index contributed by atoms with van der Waals surface area (Å²) in [5, 5.41) is 4.41. The number of thiazole rings is 1. The monoisotopic (exact) mass is 346 g/mol. The maximum absolute atomic E-state index is 11.9. The van der Waals surface area contributed by atoms with E-state index in [-0.39, 0.29) is 11.9 Å². The standard InChI is InChI=1S/C16H22N6OS/c1-4-12-8-17-16(24-12)11(2)20-13-7-14(19-10-18-13)22-6-5-21(3)15(23)9-22/h7-8,10-11H,4-6,9H2,1-3H3,(H,18,19,20). The molecular formula is C16H22N6OS. The first kappa shape index (κ1) is 16.6. The number of carbonyl (C=O) groups is 1. The molecule has 1 saturated heterocycles. The van der Waals surface area contributed by atoms with Gasteiger partial charge in [-0.2, -0.15) is 0 Å². The molecule has 3 heterocycles. The molecule has 0 aromatic carbocycles. The van der Waals surface area contributed by atoms with E-state index in [1.165, 1.54) is 11.2 Å². The number of piperazine rings is 1. The van der Waals surface area contributed by atoms with Gasteiger partial charge in [0.25, 0.3) is 0 Å². The first-order valence-corrected chi connectivity index (χ1v) is 8.90. The van der Waals surface area contributed by atoms with Crippen molar-refractivity contribution in [1.29, 1.82) is 0 Å². The Morgan fingerprint density at radius 2 is 2.17 bits per heavy atom. The van der Waals surface area contributed by atoms with Gasteiger partial charge >= 0.3 is 0 Å². The summed E-state index contributed by atoms with van der Waals surface area (Å²) >= 11 is 1.72. The average molecular weight is 346 g/mol. The smallest absolute Gasteiger partial charge is 0.241 e. The molecule has 7 nitrogen and oxygen atoms in total. The van der Waals surface area contributed by atoms with Crippen LogP contribution >= 0.6 is 11.3 Å². The van der Waals surface area contributed by atoms with Gasteiger partial charge in [0, 0.05) is 37.3 Å². The van der Waals surface area contributed by atoms with Crippen molar-refractivity contribution >= 4 is 28.9 Å². The quantitative estimate of drug-likeness (QED) is 0.892. The number of likely N-dealkylation sites (N-methyl/N-ethyl adjacent to an activating group) is 1. The zero-order valence-corrected chi connectivity index (χ0v) is 15.0. The van der Waals surface area contributed by atoms with Crippen molar-refractivity contribution in [1.82, 2.24) is 19.9 Å². The van der Waals surface area contributed by atoms with E-state index in [1.807, 2.05) is 24.2 Å². The zero-order chi connectivity index (χ0) is 17.1. The van der Waals surface area contributed by atoms with Crippen molar-refractivity contribution in [3.63, 3.8) is 0 Å². The number of hydrogen-bond acceptors (Lipinski definition) is 7. The van der Waals surface area contributed by atoms with Crippen molar-refractivity contribution in [2.24, 2.45) is 0 Å². The number of nitrogens with one attached hydrogen (secondary N) is 1. The maximum atomic E-state index is 11.9. The molecule has 0 radical (unpaired) electrons. The third kappa shape index (κ3) is 3.64. The fourth-order valence-electron chi connectivity index (χ4n) is 2.52. The number of aromatic nitrogens is 3. The van der Waals surface area contributed by atoms with Gasteiger partial charge in [0.2, 0.25) is 5.91 Å². The lowest BCUT2D eigenvalue weighted by molar-refractivity contribution is -0.129. The molecule has 1 atom stereocenters. The van der Waals surface area contributed by atoms with Gasteiger partial charge < -0.3 is 15.1 Å². The van der Waals surface area contributed by atoms with Crippen LogP contribution in [-0.4, -0.2) is 52.4 Å². The van der Waals surface area contributed by atoms with Crippen LogP contribution in [-0.2, 0) is 11.2 Å². The second kappa shape index (κ2) is 7.12. The number of anilines is 2. The molecule has 3 rings (SSSR count). The molecule has 1 unspecified atom stereocenters. The summed E-state index contributed by atoms with van der Waals surface area (Å²) in [6.45, 7) is 6.04. The lowest BCUT2D eigenvalue weighted by atomic mass is 10.3. The molecule has 8 heteroatoms. The largest absolute Gasteiger partial charge is 0.361 e. The number of nitrogens with zero attached hydrogens (tertiary/aromatic N) is 5. The number of carbonyl (C=O) groups excluding carboxylic acids is 1. The van der Waals surface area contributed by atoms with Gasteiger partial charge in [-0.15, -0.1) is 11.3 Å². The molecule has 2 aromatic heterocycles. The molecule has 1 amide bonds. The minimum atomic E-state index is 0.0761. The van der Waals surface area contributed by atoms with Gasteiger partial charge in [-0.25, -0.2) is 15.0 Å². The van der Waals surface area contributed by atoms with Crippen molar-refractivity contribution in [2.75, 3.05) is 36.9 Å². The Kier molecular flexibility index (Phi) is 4.94. The van der Waals surface area contributed by atoms with Crippen LogP contribution in [0, 0.1) is 0 Å². The Bertz CT molecular complexity index is 718. The van der Waals surface area contributed by atoms with E-state index < -0.39 is 0 Å². The van der Waals surface area contributed by atoms with E-state index in [1.54, 1.807) is 16.2 Å². The van der Waals surface area contributed by atoms with Crippen molar-refractivity contribution < 1.29 is 4.79 Å². The molecule has 0 aliphatic carbocycles. The molecule has 0 spiro atoms. The third-order valence-electron chi connectivity index (χ3n) is 4.09. The van der Waals surface area contributed by atoms with Crippen LogP contribution in [0.4, 0.5) is 11.6 Å². The molecule has 128 valence electrons. The van der Waals surface area contributed by atoms with E-state index in [2.05, 4.69) is 34.1 Å². The van der Waals surface area contributed by atoms with Crippen molar-refractivity contribution in [2.45, 2.75) is 26.3 Å². The molecule has 24 heavy (non-hydrogen) atoms. The first-order chi connectivity index (χ1) is 11.6. The van der Waals surface area contributed by atoms with Crippen LogP contribution in [0.1, 0.15) is 29.8 Å². The lowest BCUT2D eigenvalue weighted by Crippen LogP contribution is -2.48. The Balaban J connectivity index is 1.70. The van der Waals surface area contributed by atoms with E-state index in [4.69, 9.17) is 0 Å². The Labute approximate surface area is 145 Å². The summed E-state index contributed by atoms with van der Waals surface area (Å²) in [6, 6.07) is 1.97. The van der Waals surface area contributed by atoms with Crippen LogP contribution in [0.2, 0.25) is 0 Å². The highest BCUT2D eigenvalue weighted by molar-refractivity contribution is 7.11. The minimum Gasteiger partial charge on any atom is -0.361 e.